The van der Waals surface area contributed by atoms with E-state index in [2.05, 4.69) is 17.8 Å². The molecule has 0 N–H and O–H groups in total. The van der Waals surface area contributed by atoms with Crippen LogP contribution in [0.5, 0.6) is 0 Å². The Labute approximate surface area is 89.9 Å². The molecule has 0 atom stereocenters. The van der Waals surface area contributed by atoms with Gasteiger partial charge in [-0.05, 0) is 12.1 Å². The first-order valence-electron chi connectivity index (χ1n) is 4.69. The average molecular weight is 189 g/mol. The Morgan fingerprint density at radius 2 is 1.73 bits per heavy atom. The van der Waals surface area contributed by atoms with Crippen molar-refractivity contribution in [1.82, 2.24) is 0 Å². The third-order valence-corrected chi connectivity index (χ3v) is 2.09. The third-order valence-electron chi connectivity index (χ3n) is 2.09. The van der Waals surface area contributed by atoms with Gasteiger partial charge in [0.1, 0.15) is 0 Å². The molecule has 2 aromatic carbocycles. The Balaban J connectivity index is 2.36. The second-order valence-corrected chi connectivity index (χ2v) is 3.11. The zero-order chi connectivity index (χ0) is 10.5. The second-order valence-electron chi connectivity index (χ2n) is 3.11. The molecule has 2 aromatic rings. The fourth-order valence-electron chi connectivity index (χ4n) is 1.31. The molecule has 0 aromatic heterocycles. The van der Waals surface area contributed by atoms with E-state index in [-0.39, 0.29) is 0 Å². The van der Waals surface area contributed by atoms with E-state index < -0.39 is 0 Å². The van der Waals surface area contributed by atoms with Gasteiger partial charge in [-0.3, -0.25) is 0 Å². The van der Waals surface area contributed by atoms with Gasteiger partial charge in [-0.2, -0.15) is 24.1 Å². The van der Waals surface area contributed by atoms with E-state index in [0.29, 0.717) is 0 Å². The molecule has 0 aliphatic carbocycles. The average Bonchev–Trinajstić information content (AvgIpc) is 2.79. The predicted octanol–water partition coefficient (Wildman–Crippen LogP) is 2.79. The molecule has 0 saturated heterocycles. The van der Waals surface area contributed by atoms with Crippen LogP contribution in [0.4, 0.5) is 0 Å². The maximum absolute atomic E-state index is 5.38. The smallest absolute Gasteiger partial charge is 0.0390 e. The van der Waals surface area contributed by atoms with Crippen molar-refractivity contribution < 1.29 is 0 Å². The van der Waals surface area contributed by atoms with Crippen LogP contribution in [0.3, 0.4) is 0 Å². The summed E-state index contributed by atoms with van der Waals surface area (Å²) >= 11 is 0. The van der Waals surface area contributed by atoms with Crippen molar-refractivity contribution in [2.24, 2.45) is 0 Å². The zero-order valence-corrected chi connectivity index (χ0v) is 8.20. The fourth-order valence-corrected chi connectivity index (χ4v) is 1.31. The summed E-state index contributed by atoms with van der Waals surface area (Å²) in [6.45, 7) is 0. The van der Waals surface area contributed by atoms with Gasteiger partial charge in [0.05, 0.1) is 0 Å². The first-order valence-corrected chi connectivity index (χ1v) is 4.69. The zero-order valence-electron chi connectivity index (χ0n) is 8.20. The topological polar surface area (TPSA) is 0 Å². The second kappa shape index (κ2) is 4.27. The van der Waals surface area contributed by atoms with E-state index in [0.717, 1.165) is 16.7 Å². The van der Waals surface area contributed by atoms with Crippen LogP contribution < -0.4 is 0 Å². The van der Waals surface area contributed by atoms with Crippen LogP contribution in [0.15, 0.2) is 48.5 Å². The van der Waals surface area contributed by atoms with E-state index in [1.807, 2.05) is 48.5 Å². The van der Waals surface area contributed by atoms with Gasteiger partial charge in [0.25, 0.3) is 0 Å². The van der Waals surface area contributed by atoms with Crippen LogP contribution in [0.1, 0.15) is 16.7 Å². The molecule has 0 spiro atoms. The summed E-state index contributed by atoms with van der Waals surface area (Å²) in [6, 6.07) is 15.6. The molecule has 2 rings (SSSR count). The Morgan fingerprint density at radius 1 is 0.933 bits per heavy atom. The molecule has 0 radical (unpaired) electrons. The van der Waals surface area contributed by atoms with Gasteiger partial charge in [-0.1, -0.05) is 18.1 Å². The quantitative estimate of drug-likeness (QED) is 0.441. The van der Waals surface area contributed by atoms with Crippen LogP contribution >= 0.6 is 0 Å². The van der Waals surface area contributed by atoms with Crippen LogP contribution in [-0.2, 0) is 0 Å². The normalized spacial score (nSPS) is 8.73. The van der Waals surface area contributed by atoms with Crippen molar-refractivity contribution >= 4 is 0 Å². The van der Waals surface area contributed by atoms with Crippen molar-refractivity contribution in [3.8, 4) is 24.2 Å². The highest BCUT2D eigenvalue weighted by Crippen LogP contribution is 2.05. The fraction of sp³-hybridized carbons (Fsp3) is 0. The van der Waals surface area contributed by atoms with Crippen molar-refractivity contribution in [2.75, 3.05) is 0 Å². The molecular weight excluding hydrogens is 180 g/mol. The van der Waals surface area contributed by atoms with E-state index in [9.17, 15) is 0 Å². The first-order chi connectivity index (χ1) is 7.40. The summed E-state index contributed by atoms with van der Waals surface area (Å²) in [5.41, 5.74) is 2.76. The van der Waals surface area contributed by atoms with Gasteiger partial charge >= 0.3 is 0 Å². The molecule has 0 unspecified atom stereocenters. The summed E-state index contributed by atoms with van der Waals surface area (Å²) in [7, 11) is 0. The summed E-state index contributed by atoms with van der Waals surface area (Å²) in [6.07, 6.45) is 5.38. The molecule has 70 valence electrons. The first kappa shape index (κ1) is 9.25. The van der Waals surface area contributed by atoms with Gasteiger partial charge in [-0.15, -0.1) is 24.0 Å². The Bertz CT molecular complexity index is 540. The van der Waals surface area contributed by atoms with Crippen LogP contribution in [0.2, 0.25) is 0 Å². The lowest BCUT2D eigenvalue weighted by Crippen LogP contribution is -1.81. The molecule has 0 nitrogen and oxygen atoms in total. The van der Waals surface area contributed by atoms with Gasteiger partial charge in [0, 0.05) is 11.1 Å². The molecular formula is C15H9-. The molecule has 15 heavy (non-hydrogen) atoms. The van der Waals surface area contributed by atoms with Gasteiger partial charge in [-0.25, -0.2) is 0 Å². The lowest BCUT2D eigenvalue weighted by molar-refractivity contribution is 1.59. The molecule has 0 saturated carbocycles. The monoisotopic (exact) mass is 189 g/mol. The van der Waals surface area contributed by atoms with Gasteiger partial charge < -0.3 is 0 Å². The summed E-state index contributed by atoms with van der Waals surface area (Å²) in [5, 5.41) is 0. The number of benzene rings is 1. The molecule has 0 aliphatic rings. The van der Waals surface area contributed by atoms with E-state index in [1.54, 1.807) is 0 Å². The van der Waals surface area contributed by atoms with Crippen LogP contribution in [0, 0.1) is 24.2 Å². The minimum Gasteiger partial charge on any atom is -0.187 e. The number of hydrogen-bond acceptors (Lipinski definition) is 0. The maximum atomic E-state index is 5.38. The third kappa shape index (κ3) is 2.13. The van der Waals surface area contributed by atoms with Crippen molar-refractivity contribution in [3.63, 3.8) is 0 Å². The van der Waals surface area contributed by atoms with E-state index >= 15 is 0 Å². The number of rotatable bonds is 0. The predicted molar refractivity (Wildman–Crippen MR) is 62.4 cm³/mol. The summed E-state index contributed by atoms with van der Waals surface area (Å²) in [5.74, 6) is 8.77. The molecule has 0 aliphatic heterocycles. The van der Waals surface area contributed by atoms with Gasteiger partial charge in [0.2, 0.25) is 0 Å². The summed E-state index contributed by atoms with van der Waals surface area (Å²) in [4.78, 5) is 0. The van der Waals surface area contributed by atoms with Crippen molar-refractivity contribution in [3.05, 3.63) is 65.2 Å². The van der Waals surface area contributed by atoms with Crippen LogP contribution in [-0.4, -0.2) is 0 Å². The molecule has 0 heteroatoms. The largest absolute Gasteiger partial charge is 0.187 e. The van der Waals surface area contributed by atoms with Gasteiger partial charge in [0.15, 0.2) is 0 Å². The highest BCUT2D eigenvalue weighted by molar-refractivity contribution is 5.51. The van der Waals surface area contributed by atoms with E-state index in [4.69, 9.17) is 6.42 Å². The molecule has 0 amide bonds. The standard InChI is InChI=1S/C15H9/c1-2-14-9-5-6-10-15(14)12-11-13-7-3-4-8-13/h1,3-10H/q-1. The summed E-state index contributed by atoms with van der Waals surface area (Å²) < 4.78 is 0. The lowest BCUT2D eigenvalue weighted by atomic mass is 10.1. The Hall–Kier alpha value is -2.31. The SMILES string of the molecule is C#Cc1ccccc1C#Cc1ccc[cH-]1. The van der Waals surface area contributed by atoms with E-state index in [1.165, 1.54) is 0 Å². The minimum absolute atomic E-state index is 0.844. The highest BCUT2D eigenvalue weighted by Gasteiger charge is 1.91. The molecule has 0 fully saturated rings. The number of hydrogen-bond donors (Lipinski definition) is 0. The maximum Gasteiger partial charge on any atom is 0.0390 e. The van der Waals surface area contributed by atoms with Crippen molar-refractivity contribution in [2.45, 2.75) is 0 Å². The lowest BCUT2D eigenvalue weighted by Gasteiger charge is -1.95. The highest BCUT2D eigenvalue weighted by atomic mass is 13.9. The van der Waals surface area contributed by atoms with Crippen LogP contribution in [0.25, 0.3) is 0 Å². The minimum atomic E-state index is 0.844. The Morgan fingerprint density at radius 3 is 2.40 bits per heavy atom. The molecule has 0 heterocycles. The van der Waals surface area contributed by atoms with Crippen molar-refractivity contribution in [1.29, 1.82) is 0 Å². The Kier molecular flexibility index (Phi) is 2.63. The molecule has 0 bridgehead atoms. The number of terminal acetylenes is 1.